The van der Waals surface area contributed by atoms with E-state index in [1.54, 1.807) is 19.4 Å². The van der Waals surface area contributed by atoms with Crippen LogP contribution in [0.5, 0.6) is 0 Å². The number of ether oxygens (including phenoxy) is 1. The van der Waals surface area contributed by atoms with Crippen molar-refractivity contribution in [2.45, 2.75) is 12.6 Å². The first-order valence-electron chi connectivity index (χ1n) is 7.90. The maximum Gasteiger partial charge on any atom is 0.189 e. The predicted octanol–water partition coefficient (Wildman–Crippen LogP) is 2.74. The number of aromatic nitrogens is 2. The third-order valence-electron chi connectivity index (χ3n) is 4.10. The number of benzene rings is 1. The van der Waals surface area contributed by atoms with Crippen LogP contribution < -0.4 is 5.43 Å². The Morgan fingerprint density at radius 1 is 1.21 bits per heavy atom. The minimum atomic E-state index is 0.0196. The van der Waals surface area contributed by atoms with Gasteiger partial charge in [-0.3, -0.25) is 14.7 Å². The van der Waals surface area contributed by atoms with E-state index in [4.69, 9.17) is 4.74 Å². The van der Waals surface area contributed by atoms with E-state index in [2.05, 4.69) is 14.9 Å². The lowest BCUT2D eigenvalue weighted by Gasteiger charge is -2.27. The monoisotopic (exact) mass is 323 g/mol. The third-order valence-corrected chi connectivity index (χ3v) is 4.10. The number of likely N-dealkylation sites (N-methyl/N-ethyl adjacent to an activating group) is 1. The molecule has 2 aromatic heterocycles. The number of rotatable bonds is 6. The number of fused-ring (bicyclic) bond motifs is 1. The molecule has 1 aromatic carbocycles. The Labute approximate surface area is 140 Å². The number of hydrogen-bond donors (Lipinski definition) is 1. The Hall–Kier alpha value is -2.50. The average molecular weight is 323 g/mol. The molecule has 0 spiro atoms. The molecular formula is C19H21N3O2. The second kappa shape index (κ2) is 7.38. The Balaban J connectivity index is 1.87. The summed E-state index contributed by atoms with van der Waals surface area (Å²) < 4.78 is 5.36. The number of aromatic amines is 1. The minimum Gasteiger partial charge on any atom is -0.383 e. The molecule has 2 heterocycles. The summed E-state index contributed by atoms with van der Waals surface area (Å²) in [5, 5.41) is 0.710. The maximum absolute atomic E-state index is 12.3. The van der Waals surface area contributed by atoms with Crippen molar-refractivity contribution in [3.63, 3.8) is 0 Å². The van der Waals surface area contributed by atoms with Crippen molar-refractivity contribution >= 4 is 10.9 Å². The largest absolute Gasteiger partial charge is 0.383 e. The summed E-state index contributed by atoms with van der Waals surface area (Å²) in [5.41, 5.74) is 2.71. The van der Waals surface area contributed by atoms with Gasteiger partial charge >= 0.3 is 0 Å². The molecule has 0 amide bonds. The second-order valence-corrected chi connectivity index (χ2v) is 5.85. The quantitative estimate of drug-likeness (QED) is 0.758. The molecule has 0 aliphatic carbocycles. The number of H-pyrrole nitrogens is 1. The van der Waals surface area contributed by atoms with Gasteiger partial charge in [0.05, 0.1) is 18.3 Å². The summed E-state index contributed by atoms with van der Waals surface area (Å²) >= 11 is 0. The highest BCUT2D eigenvalue weighted by Crippen LogP contribution is 2.19. The first-order valence-corrected chi connectivity index (χ1v) is 7.90. The highest BCUT2D eigenvalue weighted by atomic mass is 16.5. The standard InChI is InChI=1S/C19H21N3O2/c1-22(18(13-24-2)17-9-5-6-10-20-17)12-14-11-19(23)15-7-3-4-8-16(15)21-14/h3-11,18H,12-13H2,1-2H3,(H,21,23). The van der Waals surface area contributed by atoms with Gasteiger partial charge in [0.25, 0.3) is 0 Å². The van der Waals surface area contributed by atoms with Crippen LogP contribution in [0.1, 0.15) is 17.4 Å². The normalized spacial score (nSPS) is 12.6. The van der Waals surface area contributed by atoms with E-state index in [0.29, 0.717) is 18.5 Å². The number of pyridine rings is 2. The molecule has 3 aromatic rings. The fourth-order valence-corrected chi connectivity index (χ4v) is 2.89. The minimum absolute atomic E-state index is 0.0196. The smallest absolute Gasteiger partial charge is 0.189 e. The number of methoxy groups -OCH3 is 1. The van der Waals surface area contributed by atoms with E-state index in [9.17, 15) is 4.79 Å². The van der Waals surface area contributed by atoms with E-state index in [-0.39, 0.29) is 11.5 Å². The first-order chi connectivity index (χ1) is 11.7. The van der Waals surface area contributed by atoms with Crippen molar-refractivity contribution in [2.24, 2.45) is 0 Å². The van der Waals surface area contributed by atoms with Crippen molar-refractivity contribution in [3.05, 3.63) is 76.3 Å². The van der Waals surface area contributed by atoms with Gasteiger partial charge in [-0.05, 0) is 31.3 Å². The predicted molar refractivity (Wildman–Crippen MR) is 94.9 cm³/mol. The lowest BCUT2D eigenvalue weighted by atomic mass is 10.1. The SMILES string of the molecule is COCC(c1ccccn1)N(C)Cc1cc(=O)c2ccccc2[nH]1. The third kappa shape index (κ3) is 3.53. The molecule has 1 unspecified atom stereocenters. The molecule has 0 fully saturated rings. The zero-order valence-electron chi connectivity index (χ0n) is 13.9. The Morgan fingerprint density at radius 3 is 2.75 bits per heavy atom. The molecule has 124 valence electrons. The van der Waals surface area contributed by atoms with Gasteiger partial charge in [0.1, 0.15) is 0 Å². The van der Waals surface area contributed by atoms with Crippen molar-refractivity contribution in [1.82, 2.24) is 14.9 Å². The zero-order valence-corrected chi connectivity index (χ0v) is 13.9. The number of hydrogen-bond acceptors (Lipinski definition) is 4. The fraction of sp³-hybridized carbons (Fsp3) is 0.263. The van der Waals surface area contributed by atoms with E-state index in [1.807, 2.05) is 49.5 Å². The van der Waals surface area contributed by atoms with Crippen molar-refractivity contribution in [3.8, 4) is 0 Å². The van der Waals surface area contributed by atoms with Crippen LogP contribution in [0.25, 0.3) is 10.9 Å². The summed E-state index contributed by atoms with van der Waals surface area (Å²) in [6.07, 6.45) is 1.78. The Morgan fingerprint density at radius 2 is 2.00 bits per heavy atom. The highest BCUT2D eigenvalue weighted by molar-refractivity contribution is 5.78. The van der Waals surface area contributed by atoms with Gasteiger partial charge in [-0.25, -0.2) is 0 Å². The molecule has 3 rings (SSSR count). The highest BCUT2D eigenvalue weighted by Gasteiger charge is 2.19. The number of para-hydroxylation sites is 1. The van der Waals surface area contributed by atoms with Crippen LogP contribution in [-0.4, -0.2) is 35.6 Å². The van der Waals surface area contributed by atoms with Crippen LogP contribution in [0.4, 0.5) is 0 Å². The average Bonchev–Trinajstić information content (AvgIpc) is 2.60. The van der Waals surface area contributed by atoms with Gasteiger partial charge < -0.3 is 9.72 Å². The van der Waals surface area contributed by atoms with Gasteiger partial charge in [0.15, 0.2) is 5.43 Å². The molecule has 0 radical (unpaired) electrons. The van der Waals surface area contributed by atoms with Crippen LogP contribution in [0.3, 0.4) is 0 Å². The molecule has 1 atom stereocenters. The van der Waals surface area contributed by atoms with Gasteiger partial charge in [-0.15, -0.1) is 0 Å². The molecule has 5 nitrogen and oxygen atoms in total. The summed E-state index contributed by atoms with van der Waals surface area (Å²) in [4.78, 5) is 22.2. The summed E-state index contributed by atoms with van der Waals surface area (Å²) in [6.45, 7) is 1.13. The maximum atomic E-state index is 12.3. The van der Waals surface area contributed by atoms with Crippen molar-refractivity contribution in [1.29, 1.82) is 0 Å². The lowest BCUT2D eigenvalue weighted by molar-refractivity contribution is 0.0993. The zero-order chi connectivity index (χ0) is 16.9. The van der Waals surface area contributed by atoms with Crippen molar-refractivity contribution in [2.75, 3.05) is 20.8 Å². The lowest BCUT2D eigenvalue weighted by Crippen LogP contribution is -2.29. The van der Waals surface area contributed by atoms with E-state index < -0.39 is 0 Å². The number of nitrogens with zero attached hydrogens (tertiary/aromatic N) is 2. The van der Waals surface area contributed by atoms with Crippen LogP contribution in [0.15, 0.2) is 59.5 Å². The molecule has 0 saturated carbocycles. The summed E-state index contributed by atoms with van der Waals surface area (Å²) in [7, 11) is 3.69. The second-order valence-electron chi connectivity index (χ2n) is 5.85. The molecule has 0 saturated heterocycles. The molecule has 24 heavy (non-hydrogen) atoms. The Bertz CT molecular complexity index is 861. The molecule has 0 bridgehead atoms. The fourth-order valence-electron chi connectivity index (χ4n) is 2.89. The molecular weight excluding hydrogens is 302 g/mol. The van der Waals surface area contributed by atoms with Crippen LogP contribution in [0.2, 0.25) is 0 Å². The van der Waals surface area contributed by atoms with Crippen LogP contribution in [-0.2, 0) is 11.3 Å². The molecule has 0 aliphatic rings. The summed E-state index contributed by atoms with van der Waals surface area (Å²) in [5.74, 6) is 0. The van der Waals surface area contributed by atoms with E-state index in [0.717, 1.165) is 16.9 Å². The molecule has 1 N–H and O–H groups in total. The van der Waals surface area contributed by atoms with E-state index in [1.165, 1.54) is 0 Å². The van der Waals surface area contributed by atoms with Crippen LogP contribution in [0, 0.1) is 0 Å². The number of nitrogens with one attached hydrogen (secondary N) is 1. The van der Waals surface area contributed by atoms with Gasteiger partial charge in [-0.1, -0.05) is 18.2 Å². The first kappa shape index (κ1) is 16.4. The molecule has 5 heteroatoms. The van der Waals surface area contributed by atoms with Crippen LogP contribution >= 0.6 is 0 Å². The topological polar surface area (TPSA) is 58.2 Å². The van der Waals surface area contributed by atoms with Gasteiger partial charge in [0.2, 0.25) is 0 Å². The summed E-state index contributed by atoms with van der Waals surface area (Å²) in [6, 6.07) is 15.1. The molecule has 0 aliphatic heterocycles. The van der Waals surface area contributed by atoms with Gasteiger partial charge in [0, 0.05) is 42.5 Å². The van der Waals surface area contributed by atoms with Gasteiger partial charge in [-0.2, -0.15) is 0 Å². The van der Waals surface area contributed by atoms with E-state index >= 15 is 0 Å². The van der Waals surface area contributed by atoms with Crippen molar-refractivity contribution < 1.29 is 4.74 Å². The Kier molecular flexibility index (Phi) is 5.03.